The Kier molecular flexibility index (Phi) is 6.45. The van der Waals surface area contributed by atoms with Crippen molar-refractivity contribution in [2.75, 3.05) is 36.4 Å². The molecule has 9 nitrogen and oxygen atoms in total. The van der Waals surface area contributed by atoms with E-state index >= 15 is 0 Å². The fraction of sp³-hybridized carbons (Fsp3) is 0.412. The molecule has 1 fully saturated rings. The quantitative estimate of drug-likeness (QED) is 0.593. The van der Waals surface area contributed by atoms with Gasteiger partial charge in [0.15, 0.2) is 0 Å². The summed E-state index contributed by atoms with van der Waals surface area (Å²) in [5, 5.41) is 2.74. The van der Waals surface area contributed by atoms with Gasteiger partial charge < -0.3 is 20.9 Å². The number of hydrogen-bond donors (Lipinski definition) is 3. The molecule has 0 aliphatic carbocycles. The monoisotopic (exact) mass is 428 g/mol. The minimum atomic E-state index is -4.55. The zero-order valence-electron chi connectivity index (χ0n) is 15.5. The van der Waals surface area contributed by atoms with Crippen LogP contribution in [0.4, 0.5) is 20.2 Å². The molecule has 12 heteroatoms. The van der Waals surface area contributed by atoms with Crippen LogP contribution in [0.25, 0.3) is 0 Å². The van der Waals surface area contributed by atoms with Gasteiger partial charge in [-0.05, 0) is 24.3 Å². The molecule has 0 radical (unpaired) electrons. The second kappa shape index (κ2) is 8.84. The highest BCUT2D eigenvalue weighted by molar-refractivity contribution is 7.89. The lowest BCUT2D eigenvalue weighted by Gasteiger charge is -2.35. The third-order valence-corrected chi connectivity index (χ3v) is 6.19. The van der Waals surface area contributed by atoms with Crippen LogP contribution in [-0.2, 0) is 21.2 Å². The summed E-state index contributed by atoms with van der Waals surface area (Å²) in [6.45, 7) is 0.584. The van der Waals surface area contributed by atoms with Crippen LogP contribution in [-0.4, -0.2) is 66.6 Å². The van der Waals surface area contributed by atoms with E-state index in [1.54, 1.807) is 30.5 Å². The van der Waals surface area contributed by atoms with Gasteiger partial charge in [-0.2, -0.15) is 13.1 Å². The lowest BCUT2D eigenvalue weighted by atomic mass is 10.1. The number of carbonyl (C=O) groups is 1. The predicted molar refractivity (Wildman–Crippen MR) is 104 cm³/mol. The Morgan fingerprint density at radius 1 is 1.21 bits per heavy atom. The summed E-state index contributed by atoms with van der Waals surface area (Å²) < 4.78 is 49.1. The molecule has 4 N–H and O–H groups in total. The molecule has 1 aromatic heterocycles. The van der Waals surface area contributed by atoms with Crippen molar-refractivity contribution < 1.29 is 22.0 Å². The molecule has 2 heterocycles. The first-order valence-electron chi connectivity index (χ1n) is 8.93. The first-order chi connectivity index (χ1) is 13.8. The smallest absolute Gasteiger partial charge is 0.350 e. The largest absolute Gasteiger partial charge is 0.369 e. The molecule has 0 spiro atoms. The second-order valence-corrected chi connectivity index (χ2v) is 8.52. The van der Waals surface area contributed by atoms with Crippen LogP contribution in [0.2, 0.25) is 0 Å². The highest BCUT2D eigenvalue weighted by atomic mass is 32.2. The number of aromatic amines is 1. The average molecular weight is 428 g/mol. The van der Waals surface area contributed by atoms with Gasteiger partial charge in [0.2, 0.25) is 5.91 Å². The minimum Gasteiger partial charge on any atom is -0.369 e. The van der Waals surface area contributed by atoms with Gasteiger partial charge in [-0.3, -0.25) is 4.79 Å². The number of nitrogens with zero attached hydrogens (tertiary/aromatic N) is 3. The highest BCUT2D eigenvalue weighted by Crippen LogP contribution is 2.22. The minimum absolute atomic E-state index is 0.00633. The van der Waals surface area contributed by atoms with E-state index in [9.17, 15) is 22.0 Å². The molecular weight excluding hydrogens is 406 g/mol. The first-order valence-corrected chi connectivity index (χ1v) is 10.4. The van der Waals surface area contributed by atoms with Gasteiger partial charge in [0, 0.05) is 55.9 Å². The maximum Gasteiger partial charge on any atom is 0.350 e. The topological polar surface area (TPSA) is 124 Å². The normalized spacial score (nSPS) is 16.8. The maximum absolute atomic E-state index is 12.6. The number of imidazole rings is 1. The van der Waals surface area contributed by atoms with Crippen molar-refractivity contribution in [3.63, 3.8) is 0 Å². The molecule has 1 saturated heterocycles. The van der Waals surface area contributed by atoms with E-state index in [0.717, 1.165) is 15.7 Å². The fourth-order valence-electron chi connectivity index (χ4n) is 3.03. The molecular formula is C17H22F2N6O3S. The third-order valence-electron chi connectivity index (χ3n) is 4.66. The zero-order valence-corrected chi connectivity index (χ0v) is 16.3. The van der Waals surface area contributed by atoms with Crippen molar-refractivity contribution in [1.29, 1.82) is 0 Å². The molecule has 1 aromatic carbocycles. The number of amides is 1. The van der Waals surface area contributed by atoms with Crippen molar-refractivity contribution in [2.45, 2.75) is 18.2 Å². The Balaban J connectivity index is 1.53. The van der Waals surface area contributed by atoms with Gasteiger partial charge >= 0.3 is 5.76 Å². The maximum atomic E-state index is 12.6. The summed E-state index contributed by atoms with van der Waals surface area (Å²) in [7, 11) is -4.55. The number of piperazine rings is 1. The van der Waals surface area contributed by atoms with E-state index in [1.807, 2.05) is 4.90 Å². The van der Waals surface area contributed by atoms with Crippen LogP contribution in [0.15, 0.2) is 36.8 Å². The molecule has 1 aliphatic heterocycles. The van der Waals surface area contributed by atoms with Crippen LogP contribution in [0.1, 0.15) is 5.69 Å². The number of hydrogen-bond acceptors (Lipinski definition) is 6. The Morgan fingerprint density at radius 3 is 2.41 bits per heavy atom. The number of carbonyl (C=O) groups excluding carboxylic acids is 1. The van der Waals surface area contributed by atoms with E-state index in [1.165, 1.54) is 6.33 Å². The summed E-state index contributed by atoms with van der Waals surface area (Å²) in [4.78, 5) is 20.9. The summed E-state index contributed by atoms with van der Waals surface area (Å²) in [5.74, 6) is -3.74. The Bertz CT molecular complexity index is 913. The molecule has 1 amide bonds. The van der Waals surface area contributed by atoms with Gasteiger partial charge in [0.25, 0.3) is 10.0 Å². The standard InChI is InChI=1S/C17H22F2N6O3S/c18-17(19)29(27,28)25-7-5-24(6-8-25)14-3-1-12(2-4-14)23-16(26)15(20)9-13-10-21-11-22-13/h1-4,10-11,15,17H,5-9,20H2,(H,21,22)(H,23,26)/t15-/m0/s1. The lowest BCUT2D eigenvalue weighted by molar-refractivity contribution is -0.117. The van der Waals surface area contributed by atoms with Crippen LogP contribution < -0.4 is 16.0 Å². The van der Waals surface area contributed by atoms with Gasteiger partial charge in [-0.25, -0.2) is 13.4 Å². The lowest BCUT2D eigenvalue weighted by Crippen LogP contribution is -2.50. The van der Waals surface area contributed by atoms with Gasteiger partial charge in [-0.1, -0.05) is 0 Å². The van der Waals surface area contributed by atoms with Crippen LogP contribution in [0.5, 0.6) is 0 Å². The number of sulfonamides is 1. The van der Waals surface area contributed by atoms with Crippen molar-refractivity contribution >= 4 is 27.3 Å². The molecule has 0 saturated carbocycles. The SMILES string of the molecule is N[C@@H](Cc1cnc[nH]1)C(=O)Nc1ccc(N2CCN(S(=O)(=O)C(F)F)CC2)cc1. The van der Waals surface area contributed by atoms with Crippen molar-refractivity contribution in [1.82, 2.24) is 14.3 Å². The van der Waals surface area contributed by atoms with Crippen LogP contribution >= 0.6 is 0 Å². The Labute approximate surface area is 166 Å². The van der Waals surface area contributed by atoms with Gasteiger partial charge in [0.05, 0.1) is 12.4 Å². The van der Waals surface area contributed by atoms with Crippen molar-refractivity contribution in [2.24, 2.45) is 5.73 Å². The summed E-state index contributed by atoms with van der Waals surface area (Å²) >= 11 is 0. The predicted octanol–water partition coefficient (Wildman–Crippen LogP) is 0.593. The molecule has 3 rings (SSSR count). The molecule has 2 aromatic rings. The second-order valence-electron chi connectivity index (χ2n) is 6.62. The number of halogens is 2. The van der Waals surface area contributed by atoms with E-state index in [-0.39, 0.29) is 19.0 Å². The summed E-state index contributed by atoms with van der Waals surface area (Å²) in [5.41, 5.74) is 8.03. The fourth-order valence-corrected chi connectivity index (χ4v) is 3.93. The van der Waals surface area contributed by atoms with E-state index < -0.39 is 21.8 Å². The highest BCUT2D eigenvalue weighted by Gasteiger charge is 2.34. The molecule has 1 aliphatic rings. The molecule has 0 unspecified atom stereocenters. The number of nitrogens with two attached hydrogens (primary N) is 1. The van der Waals surface area contributed by atoms with Crippen molar-refractivity contribution in [3.8, 4) is 0 Å². The number of rotatable bonds is 7. The number of anilines is 2. The van der Waals surface area contributed by atoms with Gasteiger partial charge in [-0.15, -0.1) is 0 Å². The van der Waals surface area contributed by atoms with E-state index in [2.05, 4.69) is 15.3 Å². The third kappa shape index (κ3) is 5.08. The number of H-pyrrole nitrogens is 1. The Morgan fingerprint density at radius 2 is 1.86 bits per heavy atom. The number of benzene rings is 1. The Hall–Kier alpha value is -2.57. The number of aromatic nitrogens is 2. The molecule has 158 valence electrons. The van der Waals surface area contributed by atoms with Crippen LogP contribution in [0, 0.1) is 0 Å². The van der Waals surface area contributed by atoms with E-state index in [0.29, 0.717) is 25.2 Å². The average Bonchev–Trinajstić information content (AvgIpc) is 3.21. The summed E-state index contributed by atoms with van der Waals surface area (Å²) in [6.07, 6.45) is 3.45. The number of alkyl halides is 2. The van der Waals surface area contributed by atoms with Crippen LogP contribution in [0.3, 0.4) is 0 Å². The molecule has 1 atom stereocenters. The molecule has 0 bridgehead atoms. The van der Waals surface area contributed by atoms with Crippen molar-refractivity contribution in [3.05, 3.63) is 42.5 Å². The number of nitrogens with one attached hydrogen (secondary N) is 2. The first kappa shape index (κ1) is 21.1. The summed E-state index contributed by atoms with van der Waals surface area (Å²) in [6, 6.07) is 6.22. The molecule has 29 heavy (non-hydrogen) atoms. The van der Waals surface area contributed by atoms with Gasteiger partial charge in [0.1, 0.15) is 0 Å². The van der Waals surface area contributed by atoms with E-state index in [4.69, 9.17) is 5.73 Å². The zero-order chi connectivity index (χ0) is 21.0.